The molecular formula is C20H12F3NO5. The lowest BCUT2D eigenvalue weighted by Gasteiger charge is -2.27. The maximum Gasteiger partial charge on any atom is 0.416 e. The molecule has 0 aliphatic carbocycles. The number of para-hydroxylation sites is 1. The molecular weight excluding hydrogens is 391 g/mol. The summed E-state index contributed by atoms with van der Waals surface area (Å²) in [5, 5.41) is 10.0. The number of carbonyl (C=O) groups is 1. The minimum atomic E-state index is -4.56. The normalized spacial score (nSPS) is 16.4. The lowest BCUT2D eigenvalue weighted by molar-refractivity contribution is -0.137. The number of carboxylic acids is 1. The Morgan fingerprint density at radius 2 is 1.72 bits per heavy atom. The lowest BCUT2D eigenvalue weighted by atomic mass is 9.83. The molecule has 0 fully saturated rings. The van der Waals surface area contributed by atoms with Gasteiger partial charge in [-0.05, 0) is 29.8 Å². The highest BCUT2D eigenvalue weighted by Crippen LogP contribution is 2.44. The highest BCUT2D eigenvalue weighted by molar-refractivity contribution is 5.93. The molecule has 1 atom stereocenters. The van der Waals surface area contributed by atoms with Gasteiger partial charge in [0, 0.05) is 0 Å². The molecule has 3 N–H and O–H groups in total. The van der Waals surface area contributed by atoms with Gasteiger partial charge in [-0.25, -0.2) is 9.59 Å². The van der Waals surface area contributed by atoms with Crippen LogP contribution in [0.1, 0.15) is 22.6 Å². The molecule has 2 aromatic carbocycles. The van der Waals surface area contributed by atoms with Crippen LogP contribution in [0.25, 0.3) is 11.0 Å². The van der Waals surface area contributed by atoms with Gasteiger partial charge in [0.05, 0.1) is 22.4 Å². The van der Waals surface area contributed by atoms with Crippen LogP contribution in [0.15, 0.2) is 69.2 Å². The van der Waals surface area contributed by atoms with Gasteiger partial charge in [-0.1, -0.05) is 24.3 Å². The van der Waals surface area contributed by atoms with Crippen LogP contribution in [0.2, 0.25) is 0 Å². The summed E-state index contributed by atoms with van der Waals surface area (Å²) < 4.78 is 49.4. The van der Waals surface area contributed by atoms with E-state index in [4.69, 9.17) is 14.9 Å². The fraction of sp³-hybridized carbons (Fsp3) is 0.100. The van der Waals surface area contributed by atoms with Crippen molar-refractivity contribution in [3.05, 3.63) is 87.1 Å². The van der Waals surface area contributed by atoms with Gasteiger partial charge in [0.1, 0.15) is 11.2 Å². The summed E-state index contributed by atoms with van der Waals surface area (Å²) in [5.74, 6) is -3.17. The zero-order valence-corrected chi connectivity index (χ0v) is 14.5. The second-order valence-corrected chi connectivity index (χ2v) is 6.37. The van der Waals surface area contributed by atoms with Crippen LogP contribution in [0.3, 0.4) is 0 Å². The molecule has 1 unspecified atom stereocenters. The quantitative estimate of drug-likeness (QED) is 0.634. The topological polar surface area (TPSA) is 103 Å². The van der Waals surface area contributed by atoms with E-state index >= 15 is 0 Å². The van der Waals surface area contributed by atoms with E-state index in [0.29, 0.717) is 5.39 Å². The SMILES string of the molecule is NC1=C(C(=O)O)C(c2ccc(C(F)(F)F)cc2)c2c(c3ccccc3oc2=O)O1. The van der Waals surface area contributed by atoms with E-state index < -0.39 is 40.7 Å². The number of hydrogen-bond acceptors (Lipinski definition) is 5. The Bertz CT molecular complexity index is 1230. The molecule has 1 aromatic heterocycles. The summed E-state index contributed by atoms with van der Waals surface area (Å²) >= 11 is 0. The Labute approximate surface area is 160 Å². The van der Waals surface area contributed by atoms with Gasteiger partial charge in [0.25, 0.3) is 0 Å². The first-order valence-corrected chi connectivity index (χ1v) is 8.32. The van der Waals surface area contributed by atoms with Gasteiger partial charge in [-0.15, -0.1) is 0 Å². The molecule has 0 saturated carbocycles. The highest BCUT2D eigenvalue weighted by Gasteiger charge is 2.39. The van der Waals surface area contributed by atoms with Crippen LogP contribution in [0, 0.1) is 0 Å². The first-order valence-electron chi connectivity index (χ1n) is 8.32. The first-order chi connectivity index (χ1) is 13.7. The van der Waals surface area contributed by atoms with Crippen molar-refractivity contribution < 1.29 is 32.2 Å². The van der Waals surface area contributed by atoms with Crippen molar-refractivity contribution in [3.63, 3.8) is 0 Å². The molecule has 2 heterocycles. The van der Waals surface area contributed by atoms with Crippen molar-refractivity contribution >= 4 is 16.9 Å². The standard InChI is InChI=1S/C20H12F3NO5/c21-20(22,23)10-7-5-9(6-8-10)13-14-16(29-17(24)15(13)18(25)26)11-3-1-2-4-12(11)28-19(14)27/h1-8,13H,24H2,(H,25,26). The summed E-state index contributed by atoms with van der Waals surface area (Å²) in [6, 6.07) is 10.2. The zero-order valence-electron chi connectivity index (χ0n) is 14.5. The summed E-state index contributed by atoms with van der Waals surface area (Å²) in [7, 11) is 0. The molecule has 148 valence electrons. The molecule has 9 heteroatoms. The van der Waals surface area contributed by atoms with E-state index in [-0.39, 0.29) is 22.5 Å². The molecule has 0 radical (unpaired) electrons. The monoisotopic (exact) mass is 403 g/mol. The van der Waals surface area contributed by atoms with E-state index in [1.807, 2.05) is 0 Å². The second kappa shape index (κ2) is 6.40. The van der Waals surface area contributed by atoms with Gasteiger partial charge in [0.15, 0.2) is 5.75 Å². The van der Waals surface area contributed by atoms with Gasteiger partial charge in [-0.3, -0.25) is 0 Å². The van der Waals surface area contributed by atoms with Crippen LogP contribution in [-0.2, 0) is 11.0 Å². The summed E-state index contributed by atoms with van der Waals surface area (Å²) in [6.07, 6.45) is -4.56. The highest BCUT2D eigenvalue weighted by atomic mass is 19.4. The van der Waals surface area contributed by atoms with Gasteiger partial charge in [-0.2, -0.15) is 13.2 Å². The lowest BCUT2D eigenvalue weighted by Crippen LogP contribution is -2.30. The average molecular weight is 403 g/mol. The van der Waals surface area contributed by atoms with Gasteiger partial charge >= 0.3 is 17.8 Å². The van der Waals surface area contributed by atoms with Gasteiger partial charge in [0.2, 0.25) is 5.88 Å². The summed E-state index contributed by atoms with van der Waals surface area (Å²) in [6.45, 7) is 0. The molecule has 0 spiro atoms. The Morgan fingerprint density at radius 1 is 1.07 bits per heavy atom. The Kier molecular flexibility index (Phi) is 4.11. The first kappa shape index (κ1) is 18.6. The molecule has 1 aliphatic rings. The van der Waals surface area contributed by atoms with Crippen LogP contribution >= 0.6 is 0 Å². The number of carboxylic acid groups (broad SMARTS) is 1. The third kappa shape index (κ3) is 3.00. The Hall–Kier alpha value is -3.75. The van der Waals surface area contributed by atoms with E-state index in [2.05, 4.69) is 0 Å². The number of hydrogen-bond donors (Lipinski definition) is 2. The molecule has 6 nitrogen and oxygen atoms in total. The zero-order chi connectivity index (χ0) is 20.9. The minimum Gasteiger partial charge on any atom is -0.478 e. The third-order valence-electron chi connectivity index (χ3n) is 4.66. The third-order valence-corrected chi connectivity index (χ3v) is 4.66. The second-order valence-electron chi connectivity index (χ2n) is 6.37. The van der Waals surface area contributed by atoms with E-state index in [1.54, 1.807) is 18.2 Å². The molecule has 0 saturated heterocycles. The molecule has 4 rings (SSSR count). The maximum absolute atomic E-state index is 12.9. The van der Waals surface area contributed by atoms with Crippen molar-refractivity contribution in [3.8, 4) is 5.75 Å². The van der Waals surface area contributed by atoms with E-state index in [1.165, 1.54) is 6.07 Å². The summed E-state index contributed by atoms with van der Waals surface area (Å²) in [4.78, 5) is 24.5. The van der Waals surface area contributed by atoms with Gasteiger partial charge < -0.3 is 20.0 Å². The molecule has 0 amide bonds. The largest absolute Gasteiger partial charge is 0.478 e. The van der Waals surface area contributed by atoms with Crippen molar-refractivity contribution in [2.75, 3.05) is 0 Å². The van der Waals surface area contributed by atoms with Crippen molar-refractivity contribution in [2.24, 2.45) is 5.73 Å². The number of benzene rings is 2. The van der Waals surface area contributed by atoms with Crippen LogP contribution in [0.5, 0.6) is 5.75 Å². The number of ether oxygens (including phenoxy) is 1. The van der Waals surface area contributed by atoms with Crippen molar-refractivity contribution in [2.45, 2.75) is 12.1 Å². The predicted molar refractivity (Wildman–Crippen MR) is 95.2 cm³/mol. The van der Waals surface area contributed by atoms with Crippen molar-refractivity contribution in [1.82, 2.24) is 0 Å². The molecule has 1 aliphatic heterocycles. The Morgan fingerprint density at radius 3 is 2.34 bits per heavy atom. The fourth-order valence-corrected chi connectivity index (χ4v) is 3.37. The number of halogens is 3. The van der Waals surface area contributed by atoms with Crippen LogP contribution in [0.4, 0.5) is 13.2 Å². The van der Waals surface area contributed by atoms with Crippen LogP contribution in [-0.4, -0.2) is 11.1 Å². The number of fused-ring (bicyclic) bond motifs is 3. The number of nitrogens with two attached hydrogens (primary N) is 1. The molecule has 29 heavy (non-hydrogen) atoms. The molecule has 0 bridgehead atoms. The number of aliphatic carboxylic acids is 1. The maximum atomic E-state index is 12.9. The summed E-state index contributed by atoms with van der Waals surface area (Å²) in [5.41, 5.74) is 3.78. The number of rotatable bonds is 2. The van der Waals surface area contributed by atoms with E-state index in [0.717, 1.165) is 24.3 Å². The number of alkyl halides is 3. The van der Waals surface area contributed by atoms with Crippen LogP contribution < -0.4 is 16.1 Å². The minimum absolute atomic E-state index is 0.0178. The van der Waals surface area contributed by atoms with Crippen molar-refractivity contribution in [1.29, 1.82) is 0 Å². The predicted octanol–water partition coefficient (Wildman–Crippen LogP) is 3.59. The fourth-order valence-electron chi connectivity index (χ4n) is 3.37. The Balaban J connectivity index is 2.00. The molecule has 3 aromatic rings. The average Bonchev–Trinajstić information content (AvgIpc) is 2.66. The smallest absolute Gasteiger partial charge is 0.416 e. The van der Waals surface area contributed by atoms with E-state index in [9.17, 15) is 27.9 Å².